The van der Waals surface area contributed by atoms with Crippen LogP contribution in [-0.2, 0) is 6.42 Å². The van der Waals surface area contributed by atoms with E-state index in [4.69, 9.17) is 23.2 Å². The molecule has 0 aliphatic heterocycles. The third kappa shape index (κ3) is 4.44. The molecule has 0 amide bonds. The zero-order valence-electron chi connectivity index (χ0n) is 11.9. The van der Waals surface area contributed by atoms with Gasteiger partial charge in [0.25, 0.3) is 0 Å². The maximum atomic E-state index is 14.1. The fraction of sp³-hybridized carbons (Fsp3) is 0.294. The van der Waals surface area contributed by atoms with Crippen molar-refractivity contribution in [2.75, 3.05) is 6.54 Å². The molecule has 112 valence electrons. The van der Waals surface area contributed by atoms with Crippen LogP contribution >= 0.6 is 23.2 Å². The highest BCUT2D eigenvalue weighted by Crippen LogP contribution is 2.25. The molecule has 0 saturated carbocycles. The Morgan fingerprint density at radius 3 is 2.48 bits per heavy atom. The van der Waals surface area contributed by atoms with Gasteiger partial charge in [-0.15, -0.1) is 0 Å². The third-order valence-corrected chi connectivity index (χ3v) is 3.91. The molecule has 0 heterocycles. The second-order valence-electron chi connectivity index (χ2n) is 4.98. The summed E-state index contributed by atoms with van der Waals surface area (Å²) in [4.78, 5) is 0. The summed E-state index contributed by atoms with van der Waals surface area (Å²) >= 11 is 11.8. The molecule has 0 aliphatic carbocycles. The molecule has 1 N–H and O–H groups in total. The Bertz CT molecular complexity index is 584. The van der Waals surface area contributed by atoms with Crippen molar-refractivity contribution in [2.45, 2.75) is 25.8 Å². The van der Waals surface area contributed by atoms with Gasteiger partial charge in [0.1, 0.15) is 5.82 Å². The fourth-order valence-electron chi connectivity index (χ4n) is 2.25. The molecule has 2 aromatic rings. The number of halogens is 3. The Morgan fingerprint density at radius 1 is 1.10 bits per heavy atom. The average molecular weight is 326 g/mol. The Labute approximate surface area is 135 Å². The Morgan fingerprint density at radius 2 is 1.81 bits per heavy atom. The summed E-state index contributed by atoms with van der Waals surface area (Å²) < 4.78 is 14.1. The minimum atomic E-state index is -0.337. The lowest BCUT2D eigenvalue weighted by atomic mass is 9.98. The second kappa shape index (κ2) is 7.79. The average Bonchev–Trinajstić information content (AvgIpc) is 2.49. The molecule has 0 bridgehead atoms. The molecule has 2 rings (SSSR count). The Balaban J connectivity index is 2.23. The normalized spacial score (nSPS) is 12.4. The summed E-state index contributed by atoms with van der Waals surface area (Å²) in [5.41, 5.74) is 1.71. The van der Waals surface area contributed by atoms with E-state index in [1.807, 2.05) is 24.3 Å². The predicted molar refractivity (Wildman–Crippen MR) is 87.6 cm³/mol. The van der Waals surface area contributed by atoms with E-state index >= 15 is 0 Å². The number of hydrogen-bond donors (Lipinski definition) is 1. The topological polar surface area (TPSA) is 12.0 Å². The van der Waals surface area contributed by atoms with E-state index < -0.39 is 0 Å². The largest absolute Gasteiger partial charge is 0.310 e. The van der Waals surface area contributed by atoms with Gasteiger partial charge in [-0.2, -0.15) is 0 Å². The van der Waals surface area contributed by atoms with E-state index in [2.05, 4.69) is 12.2 Å². The van der Waals surface area contributed by atoms with Crippen molar-refractivity contribution < 1.29 is 4.39 Å². The summed E-state index contributed by atoms with van der Waals surface area (Å²) in [5, 5.41) is 4.31. The van der Waals surface area contributed by atoms with E-state index in [1.54, 1.807) is 18.2 Å². The smallest absolute Gasteiger partial charge is 0.145 e. The zero-order valence-corrected chi connectivity index (χ0v) is 13.4. The Hall–Kier alpha value is -1.09. The fourth-order valence-corrected chi connectivity index (χ4v) is 2.57. The van der Waals surface area contributed by atoms with Crippen LogP contribution < -0.4 is 5.32 Å². The molecule has 0 radical (unpaired) electrons. The first kappa shape index (κ1) is 16.3. The van der Waals surface area contributed by atoms with Gasteiger partial charge in [0.2, 0.25) is 0 Å². The summed E-state index contributed by atoms with van der Waals surface area (Å²) in [5.74, 6) is -0.337. The molecule has 1 unspecified atom stereocenters. The summed E-state index contributed by atoms with van der Waals surface area (Å²) in [6, 6.07) is 12.8. The Kier molecular flexibility index (Phi) is 6.04. The second-order valence-corrected chi connectivity index (χ2v) is 5.82. The van der Waals surface area contributed by atoms with E-state index in [0.717, 1.165) is 18.5 Å². The van der Waals surface area contributed by atoms with Crippen LogP contribution in [0, 0.1) is 5.82 Å². The molecule has 1 atom stereocenters. The summed E-state index contributed by atoms with van der Waals surface area (Å²) in [7, 11) is 0. The van der Waals surface area contributed by atoms with Gasteiger partial charge >= 0.3 is 0 Å². The molecule has 0 saturated heterocycles. The van der Waals surface area contributed by atoms with Crippen molar-refractivity contribution in [1.82, 2.24) is 5.32 Å². The predicted octanol–water partition coefficient (Wildman–Crippen LogP) is 5.42. The van der Waals surface area contributed by atoms with Gasteiger partial charge in [0.05, 0.1) is 5.02 Å². The van der Waals surface area contributed by atoms with Crippen molar-refractivity contribution in [3.8, 4) is 0 Å². The van der Waals surface area contributed by atoms with E-state index in [9.17, 15) is 4.39 Å². The van der Waals surface area contributed by atoms with Crippen LogP contribution in [0.2, 0.25) is 10.0 Å². The molecular formula is C17H18Cl2FN. The van der Waals surface area contributed by atoms with E-state index in [-0.39, 0.29) is 16.9 Å². The molecule has 0 spiro atoms. The minimum Gasteiger partial charge on any atom is -0.310 e. The highest BCUT2D eigenvalue weighted by molar-refractivity contribution is 6.31. The van der Waals surface area contributed by atoms with Crippen molar-refractivity contribution in [1.29, 1.82) is 0 Å². The molecule has 21 heavy (non-hydrogen) atoms. The van der Waals surface area contributed by atoms with Gasteiger partial charge in [-0.25, -0.2) is 4.39 Å². The van der Waals surface area contributed by atoms with Crippen LogP contribution in [0.3, 0.4) is 0 Å². The molecule has 0 fully saturated rings. The van der Waals surface area contributed by atoms with Gasteiger partial charge in [-0.3, -0.25) is 0 Å². The molecule has 0 aromatic heterocycles. The van der Waals surface area contributed by atoms with E-state index in [0.29, 0.717) is 17.0 Å². The molecular weight excluding hydrogens is 308 g/mol. The van der Waals surface area contributed by atoms with Crippen molar-refractivity contribution >= 4 is 23.2 Å². The first-order valence-electron chi connectivity index (χ1n) is 7.03. The van der Waals surface area contributed by atoms with Gasteiger partial charge in [0.15, 0.2) is 0 Å². The number of rotatable bonds is 6. The molecule has 2 aromatic carbocycles. The molecule has 4 heteroatoms. The number of hydrogen-bond acceptors (Lipinski definition) is 1. The standard InChI is InChI=1S/C17H18Cl2FN/c1-2-10-21-16(12-6-8-14(18)9-7-12)11-13-4-3-5-15(19)17(13)20/h3-9,16,21H,2,10-11H2,1H3. The van der Waals surface area contributed by atoms with Gasteiger partial charge in [-0.05, 0) is 48.7 Å². The van der Waals surface area contributed by atoms with Gasteiger partial charge in [0, 0.05) is 11.1 Å². The quantitative estimate of drug-likeness (QED) is 0.748. The highest BCUT2D eigenvalue weighted by atomic mass is 35.5. The van der Waals surface area contributed by atoms with Crippen LogP contribution in [0.5, 0.6) is 0 Å². The number of benzene rings is 2. The maximum absolute atomic E-state index is 14.1. The van der Waals surface area contributed by atoms with Crippen LogP contribution in [0.15, 0.2) is 42.5 Å². The van der Waals surface area contributed by atoms with Crippen molar-refractivity contribution in [3.05, 3.63) is 69.5 Å². The van der Waals surface area contributed by atoms with Gasteiger partial charge < -0.3 is 5.32 Å². The van der Waals surface area contributed by atoms with Crippen LogP contribution in [0.1, 0.15) is 30.5 Å². The SMILES string of the molecule is CCCNC(Cc1cccc(Cl)c1F)c1ccc(Cl)cc1. The first-order chi connectivity index (χ1) is 10.1. The minimum absolute atomic E-state index is 0.0372. The third-order valence-electron chi connectivity index (χ3n) is 3.37. The van der Waals surface area contributed by atoms with Crippen molar-refractivity contribution in [3.63, 3.8) is 0 Å². The summed E-state index contributed by atoms with van der Waals surface area (Å²) in [6.07, 6.45) is 1.57. The lowest BCUT2D eigenvalue weighted by molar-refractivity contribution is 0.513. The lowest BCUT2D eigenvalue weighted by Gasteiger charge is -2.20. The van der Waals surface area contributed by atoms with Crippen LogP contribution in [0.25, 0.3) is 0 Å². The zero-order chi connectivity index (χ0) is 15.2. The van der Waals surface area contributed by atoms with Gasteiger partial charge in [-0.1, -0.05) is 54.4 Å². The van der Waals surface area contributed by atoms with Crippen LogP contribution in [-0.4, -0.2) is 6.54 Å². The molecule has 0 aliphatic rings. The summed E-state index contributed by atoms with van der Waals surface area (Å²) in [6.45, 7) is 2.97. The molecule has 1 nitrogen and oxygen atoms in total. The monoisotopic (exact) mass is 325 g/mol. The highest BCUT2D eigenvalue weighted by Gasteiger charge is 2.15. The van der Waals surface area contributed by atoms with E-state index in [1.165, 1.54) is 0 Å². The maximum Gasteiger partial charge on any atom is 0.145 e. The first-order valence-corrected chi connectivity index (χ1v) is 7.79. The van der Waals surface area contributed by atoms with Crippen LogP contribution in [0.4, 0.5) is 4.39 Å². The number of nitrogens with one attached hydrogen (secondary N) is 1. The van der Waals surface area contributed by atoms with Crippen molar-refractivity contribution in [2.24, 2.45) is 0 Å². The lowest BCUT2D eigenvalue weighted by Crippen LogP contribution is -2.24.